The molecule has 0 aromatic heterocycles. The van der Waals surface area contributed by atoms with Gasteiger partial charge in [0, 0.05) is 16.5 Å². The van der Waals surface area contributed by atoms with Crippen LogP contribution in [-0.4, -0.2) is 5.78 Å². The molecule has 0 saturated carbocycles. The van der Waals surface area contributed by atoms with Crippen molar-refractivity contribution in [1.29, 1.82) is 0 Å². The number of ketones is 1. The molecule has 14 heavy (non-hydrogen) atoms. The van der Waals surface area contributed by atoms with E-state index in [1.54, 1.807) is 18.2 Å². The summed E-state index contributed by atoms with van der Waals surface area (Å²) in [6, 6.07) is 5.27. The molecule has 0 spiro atoms. The Labute approximate surface area is 96.9 Å². The molecule has 0 N–H and O–H groups in total. The van der Waals surface area contributed by atoms with Crippen molar-refractivity contribution in [2.45, 2.75) is 12.8 Å². The Morgan fingerprint density at radius 3 is 2.86 bits per heavy atom. The minimum absolute atomic E-state index is 0.0578. The van der Waals surface area contributed by atoms with Gasteiger partial charge in [-0.05, 0) is 24.6 Å². The van der Waals surface area contributed by atoms with Crippen LogP contribution in [0.3, 0.4) is 0 Å². The SMILES string of the molecule is C=CCCC(=O)c1ccc(Br)cc1Cl. The molecule has 3 heteroatoms. The summed E-state index contributed by atoms with van der Waals surface area (Å²) in [6.07, 6.45) is 2.88. The molecule has 1 aromatic rings. The predicted octanol–water partition coefficient (Wildman–Crippen LogP) is 4.25. The Balaban J connectivity index is 2.84. The van der Waals surface area contributed by atoms with Crippen LogP contribution in [0.1, 0.15) is 23.2 Å². The number of halogens is 2. The summed E-state index contributed by atoms with van der Waals surface area (Å²) < 4.78 is 0.878. The van der Waals surface area contributed by atoms with Gasteiger partial charge in [-0.1, -0.05) is 33.6 Å². The maximum absolute atomic E-state index is 11.6. The van der Waals surface area contributed by atoms with Crippen LogP contribution in [0.15, 0.2) is 35.3 Å². The first kappa shape index (κ1) is 11.5. The molecule has 0 saturated heterocycles. The molecule has 0 fully saturated rings. The van der Waals surface area contributed by atoms with Crippen molar-refractivity contribution in [2.75, 3.05) is 0 Å². The van der Waals surface area contributed by atoms with E-state index in [4.69, 9.17) is 11.6 Å². The van der Waals surface area contributed by atoms with E-state index < -0.39 is 0 Å². The lowest BCUT2D eigenvalue weighted by Crippen LogP contribution is -1.98. The average Bonchev–Trinajstić information content (AvgIpc) is 2.14. The fraction of sp³-hybridized carbons (Fsp3) is 0.182. The number of hydrogen-bond acceptors (Lipinski definition) is 1. The zero-order valence-corrected chi connectivity index (χ0v) is 9.94. The Morgan fingerprint density at radius 2 is 2.29 bits per heavy atom. The first-order valence-electron chi connectivity index (χ1n) is 4.24. The minimum atomic E-state index is 0.0578. The monoisotopic (exact) mass is 272 g/mol. The zero-order valence-electron chi connectivity index (χ0n) is 7.59. The van der Waals surface area contributed by atoms with Gasteiger partial charge in [-0.15, -0.1) is 6.58 Å². The normalized spacial score (nSPS) is 9.86. The third-order valence-electron chi connectivity index (χ3n) is 1.81. The molecule has 1 rings (SSSR count). The van der Waals surface area contributed by atoms with Crippen LogP contribution in [0.25, 0.3) is 0 Å². The Kier molecular flexibility index (Phi) is 4.36. The van der Waals surface area contributed by atoms with E-state index in [2.05, 4.69) is 22.5 Å². The quantitative estimate of drug-likeness (QED) is 0.592. The highest BCUT2D eigenvalue weighted by Gasteiger charge is 2.09. The first-order valence-corrected chi connectivity index (χ1v) is 5.41. The Morgan fingerprint density at radius 1 is 1.57 bits per heavy atom. The predicted molar refractivity (Wildman–Crippen MR) is 62.9 cm³/mol. The van der Waals surface area contributed by atoms with Crippen molar-refractivity contribution < 1.29 is 4.79 Å². The number of rotatable bonds is 4. The summed E-state index contributed by atoms with van der Waals surface area (Å²) >= 11 is 9.21. The van der Waals surface area contributed by atoms with Gasteiger partial charge in [-0.2, -0.15) is 0 Å². The topological polar surface area (TPSA) is 17.1 Å². The summed E-state index contributed by atoms with van der Waals surface area (Å²) in [5.74, 6) is 0.0578. The highest BCUT2D eigenvalue weighted by molar-refractivity contribution is 9.10. The second-order valence-corrected chi connectivity index (χ2v) is 4.20. The van der Waals surface area contributed by atoms with Gasteiger partial charge in [0.2, 0.25) is 0 Å². The van der Waals surface area contributed by atoms with Crippen LogP contribution in [-0.2, 0) is 0 Å². The molecule has 0 aliphatic rings. The van der Waals surface area contributed by atoms with Crippen LogP contribution in [0, 0.1) is 0 Å². The number of allylic oxidation sites excluding steroid dienone is 1. The lowest BCUT2D eigenvalue weighted by molar-refractivity contribution is 0.0984. The number of benzene rings is 1. The molecular formula is C11H10BrClO. The van der Waals surface area contributed by atoms with E-state index in [0.717, 1.165) is 4.47 Å². The third kappa shape index (κ3) is 2.96. The average molecular weight is 274 g/mol. The van der Waals surface area contributed by atoms with Crippen molar-refractivity contribution in [3.05, 3.63) is 45.9 Å². The summed E-state index contributed by atoms with van der Waals surface area (Å²) in [5, 5.41) is 0.494. The number of Topliss-reactive ketones (excluding diaryl/α,β-unsaturated/α-hetero) is 1. The van der Waals surface area contributed by atoms with Gasteiger partial charge in [0.1, 0.15) is 0 Å². The van der Waals surface area contributed by atoms with E-state index >= 15 is 0 Å². The van der Waals surface area contributed by atoms with E-state index in [1.807, 2.05) is 6.07 Å². The molecule has 1 nitrogen and oxygen atoms in total. The number of hydrogen-bond donors (Lipinski definition) is 0. The lowest BCUT2D eigenvalue weighted by atomic mass is 10.1. The standard InChI is InChI=1S/C11H10BrClO/c1-2-3-4-11(14)9-6-5-8(12)7-10(9)13/h2,5-7H,1,3-4H2. The summed E-state index contributed by atoms with van der Waals surface area (Å²) in [4.78, 5) is 11.6. The fourth-order valence-corrected chi connectivity index (χ4v) is 1.86. The molecule has 0 bridgehead atoms. The van der Waals surface area contributed by atoms with Gasteiger partial charge in [-0.25, -0.2) is 0 Å². The lowest BCUT2D eigenvalue weighted by Gasteiger charge is -2.02. The fourth-order valence-electron chi connectivity index (χ4n) is 1.08. The molecule has 0 unspecified atom stereocenters. The molecule has 0 aliphatic carbocycles. The van der Waals surface area contributed by atoms with E-state index in [1.165, 1.54) is 0 Å². The van der Waals surface area contributed by atoms with Crippen LogP contribution in [0.2, 0.25) is 5.02 Å². The van der Waals surface area contributed by atoms with Crippen molar-refractivity contribution in [2.24, 2.45) is 0 Å². The molecule has 0 amide bonds. The van der Waals surface area contributed by atoms with Gasteiger partial charge >= 0.3 is 0 Å². The van der Waals surface area contributed by atoms with Crippen LogP contribution >= 0.6 is 27.5 Å². The van der Waals surface area contributed by atoms with E-state index in [-0.39, 0.29) is 5.78 Å². The van der Waals surface area contributed by atoms with Crippen molar-refractivity contribution in [3.63, 3.8) is 0 Å². The smallest absolute Gasteiger partial charge is 0.164 e. The van der Waals surface area contributed by atoms with Crippen molar-refractivity contribution in [3.8, 4) is 0 Å². The van der Waals surface area contributed by atoms with Crippen molar-refractivity contribution in [1.82, 2.24) is 0 Å². The molecule has 1 aromatic carbocycles. The molecular weight excluding hydrogens is 263 g/mol. The molecule has 0 aliphatic heterocycles. The summed E-state index contributed by atoms with van der Waals surface area (Å²) in [6.45, 7) is 3.57. The third-order valence-corrected chi connectivity index (χ3v) is 2.61. The molecule has 0 atom stereocenters. The maximum Gasteiger partial charge on any atom is 0.164 e. The van der Waals surface area contributed by atoms with Gasteiger partial charge in [0.15, 0.2) is 5.78 Å². The number of carbonyl (C=O) groups excluding carboxylic acids is 1. The van der Waals surface area contributed by atoms with Gasteiger partial charge in [0.25, 0.3) is 0 Å². The minimum Gasteiger partial charge on any atom is -0.294 e. The Bertz CT molecular complexity index is 360. The maximum atomic E-state index is 11.6. The van der Waals surface area contributed by atoms with Gasteiger partial charge in [0.05, 0.1) is 5.02 Å². The Hall–Kier alpha value is -0.600. The summed E-state index contributed by atoms with van der Waals surface area (Å²) in [5.41, 5.74) is 0.580. The molecule has 74 valence electrons. The van der Waals surface area contributed by atoms with E-state index in [0.29, 0.717) is 23.4 Å². The summed E-state index contributed by atoms with van der Waals surface area (Å²) in [7, 11) is 0. The van der Waals surface area contributed by atoms with E-state index in [9.17, 15) is 4.79 Å². The van der Waals surface area contributed by atoms with Gasteiger partial charge < -0.3 is 0 Å². The molecule has 0 radical (unpaired) electrons. The first-order chi connectivity index (χ1) is 6.65. The van der Waals surface area contributed by atoms with Gasteiger partial charge in [-0.3, -0.25) is 4.79 Å². The second-order valence-electron chi connectivity index (χ2n) is 2.87. The van der Waals surface area contributed by atoms with Crippen LogP contribution in [0.5, 0.6) is 0 Å². The largest absolute Gasteiger partial charge is 0.294 e. The van der Waals surface area contributed by atoms with Crippen molar-refractivity contribution >= 4 is 33.3 Å². The second kappa shape index (κ2) is 5.32. The zero-order chi connectivity index (χ0) is 10.6. The molecule has 0 heterocycles. The highest BCUT2D eigenvalue weighted by atomic mass is 79.9. The highest BCUT2D eigenvalue weighted by Crippen LogP contribution is 2.22. The van der Waals surface area contributed by atoms with Crippen LogP contribution in [0.4, 0.5) is 0 Å². The number of carbonyl (C=O) groups is 1. The van der Waals surface area contributed by atoms with Crippen LogP contribution < -0.4 is 0 Å².